The second-order valence-corrected chi connectivity index (χ2v) is 28.7. The maximum Gasteiger partial charge on any atom is 0.0541 e. The molecule has 4 nitrogen and oxygen atoms in total. The van der Waals surface area contributed by atoms with Gasteiger partial charge in [-0.3, -0.25) is 0 Å². The largest absolute Gasteiger partial charge is 0.310 e. The van der Waals surface area contributed by atoms with Crippen LogP contribution in [0.2, 0.25) is 0 Å². The van der Waals surface area contributed by atoms with Gasteiger partial charge in [-0.05, 0) is 232 Å². The monoisotopic (exact) mass is 1430 g/mol. The van der Waals surface area contributed by atoms with Crippen LogP contribution in [0, 0.1) is 0 Å². The molecule has 526 valence electrons. The van der Waals surface area contributed by atoms with Gasteiger partial charge in [0.25, 0.3) is 0 Å². The molecule has 0 atom stereocenters. The molecule has 0 bridgehead atoms. The lowest BCUT2D eigenvalue weighted by atomic mass is 9.94. The minimum Gasteiger partial charge on any atom is -0.310 e. The van der Waals surface area contributed by atoms with Crippen LogP contribution in [0.4, 0.5) is 51.2 Å². The van der Waals surface area contributed by atoms with Gasteiger partial charge in [0.1, 0.15) is 0 Å². The lowest BCUT2D eigenvalue weighted by Gasteiger charge is -2.27. The van der Waals surface area contributed by atoms with Crippen molar-refractivity contribution in [2.45, 2.75) is 0 Å². The molecule has 20 aromatic carbocycles. The molecule has 0 saturated heterocycles. The van der Waals surface area contributed by atoms with Crippen LogP contribution in [0.1, 0.15) is 0 Å². The molecule has 0 spiro atoms. The van der Waals surface area contributed by atoms with Gasteiger partial charge in [0.05, 0.1) is 22.4 Å². The quantitative estimate of drug-likeness (QED) is 0.101. The number of hydrogen-bond acceptors (Lipinski definition) is 3. The fraction of sp³-hybridized carbons (Fsp3) is 0. The van der Waals surface area contributed by atoms with Gasteiger partial charge in [0.2, 0.25) is 0 Å². The van der Waals surface area contributed by atoms with E-state index in [4.69, 9.17) is 0 Å². The Bertz CT molecular complexity index is 6810. The van der Waals surface area contributed by atoms with Crippen LogP contribution in [-0.2, 0) is 0 Å². The molecule has 0 aliphatic heterocycles. The third-order valence-electron chi connectivity index (χ3n) is 22.2. The fourth-order valence-corrected chi connectivity index (χ4v) is 16.7. The zero-order valence-corrected chi connectivity index (χ0v) is 61.5. The first-order valence-electron chi connectivity index (χ1n) is 38.4. The van der Waals surface area contributed by atoms with Gasteiger partial charge in [0.15, 0.2) is 0 Å². The van der Waals surface area contributed by atoms with E-state index in [1.54, 1.807) is 0 Å². The van der Waals surface area contributed by atoms with Crippen molar-refractivity contribution in [3.05, 3.63) is 449 Å². The lowest BCUT2D eigenvalue weighted by Crippen LogP contribution is -2.10. The van der Waals surface area contributed by atoms with Crippen molar-refractivity contribution < 1.29 is 0 Å². The highest BCUT2D eigenvalue weighted by Crippen LogP contribution is 2.46. The molecule has 21 aromatic rings. The Morgan fingerprint density at radius 3 is 0.893 bits per heavy atom. The zero-order chi connectivity index (χ0) is 74.3. The van der Waals surface area contributed by atoms with Crippen molar-refractivity contribution in [2.75, 3.05) is 14.7 Å². The van der Waals surface area contributed by atoms with Crippen LogP contribution in [0.25, 0.3) is 137 Å². The first kappa shape index (κ1) is 66.6. The molecule has 112 heavy (non-hydrogen) atoms. The summed E-state index contributed by atoms with van der Waals surface area (Å²) < 4.78 is 2.46. The van der Waals surface area contributed by atoms with Crippen molar-refractivity contribution >= 4 is 138 Å². The van der Waals surface area contributed by atoms with Crippen LogP contribution in [0.3, 0.4) is 0 Å². The fourth-order valence-electron chi connectivity index (χ4n) is 16.7. The number of rotatable bonds is 14. The van der Waals surface area contributed by atoms with E-state index in [1.165, 1.54) is 131 Å². The second-order valence-electron chi connectivity index (χ2n) is 28.7. The molecule has 0 N–H and O–H groups in total. The summed E-state index contributed by atoms with van der Waals surface area (Å²) in [6.45, 7) is 0. The Morgan fingerprint density at radius 1 is 0.143 bits per heavy atom. The molecule has 0 amide bonds. The average molecular weight is 1430 g/mol. The van der Waals surface area contributed by atoms with Crippen LogP contribution in [-0.4, -0.2) is 4.57 Å². The molecule has 0 fully saturated rings. The Morgan fingerprint density at radius 2 is 0.446 bits per heavy atom. The third-order valence-corrected chi connectivity index (χ3v) is 22.2. The summed E-state index contributed by atoms with van der Waals surface area (Å²) in [5.41, 5.74) is 23.2. The SMILES string of the molecule is c1ccc(-c2ccc(N(c3ccc(-c4ccc5c(c4)c4cc(-c6ccccc6)ccc4n5-c4ccc5c6ccccc6c6ccccc6c5c4)cc3)c3ccc4ccccc4c3)cc2)cc1.c1ccc(N(c2ccc(-c3ccc(N(c4ccccc4)c4cccc5ccccc45)cc3)cc2)c2cccc3ccccc23)cc1. The highest BCUT2D eigenvalue weighted by atomic mass is 15.2. The molecule has 0 saturated carbocycles. The molecule has 1 heterocycles. The van der Waals surface area contributed by atoms with Crippen LogP contribution < -0.4 is 14.7 Å². The van der Waals surface area contributed by atoms with Gasteiger partial charge in [-0.25, -0.2) is 0 Å². The highest BCUT2D eigenvalue weighted by molar-refractivity contribution is 6.26. The molecular formula is C108H74N4. The van der Waals surface area contributed by atoms with Crippen molar-refractivity contribution in [1.29, 1.82) is 0 Å². The second kappa shape index (κ2) is 29.0. The van der Waals surface area contributed by atoms with E-state index in [0.717, 1.165) is 56.9 Å². The van der Waals surface area contributed by atoms with Crippen LogP contribution in [0.15, 0.2) is 449 Å². The topological polar surface area (TPSA) is 14.7 Å². The number of para-hydroxylation sites is 2. The summed E-state index contributed by atoms with van der Waals surface area (Å²) >= 11 is 0. The predicted octanol–water partition coefficient (Wildman–Crippen LogP) is 30.5. The number of fused-ring (bicyclic) bond motifs is 12. The Kier molecular flexibility index (Phi) is 17.3. The number of aromatic nitrogens is 1. The van der Waals surface area contributed by atoms with Gasteiger partial charge in [-0.2, -0.15) is 0 Å². The molecule has 1 aromatic heterocycles. The number of nitrogens with zero attached hydrogens (tertiary/aromatic N) is 4. The Labute approximate surface area is 651 Å². The third kappa shape index (κ3) is 12.5. The van der Waals surface area contributed by atoms with Gasteiger partial charge in [0, 0.05) is 67.0 Å². The smallest absolute Gasteiger partial charge is 0.0541 e. The van der Waals surface area contributed by atoms with E-state index < -0.39 is 0 Å². The van der Waals surface area contributed by atoms with Gasteiger partial charge in [-0.1, -0.05) is 315 Å². The van der Waals surface area contributed by atoms with Crippen LogP contribution in [0.5, 0.6) is 0 Å². The summed E-state index contributed by atoms with van der Waals surface area (Å²) in [6, 6.07) is 162. The van der Waals surface area contributed by atoms with E-state index in [2.05, 4.69) is 468 Å². The maximum atomic E-state index is 2.46. The summed E-state index contributed by atoms with van der Waals surface area (Å²) in [4.78, 5) is 7.05. The van der Waals surface area contributed by atoms with Gasteiger partial charge in [-0.15, -0.1) is 0 Å². The van der Waals surface area contributed by atoms with Gasteiger partial charge < -0.3 is 19.3 Å². The molecule has 21 rings (SSSR count). The van der Waals surface area contributed by atoms with Crippen molar-refractivity contribution in [2.24, 2.45) is 0 Å². The van der Waals surface area contributed by atoms with E-state index in [-0.39, 0.29) is 0 Å². The normalized spacial score (nSPS) is 11.4. The summed E-state index contributed by atoms with van der Waals surface area (Å²) in [7, 11) is 0. The van der Waals surface area contributed by atoms with Crippen LogP contribution >= 0.6 is 0 Å². The Balaban J connectivity index is 0.000000156. The number of anilines is 9. The molecule has 0 aliphatic carbocycles. The minimum atomic E-state index is 1.10. The van der Waals surface area contributed by atoms with E-state index in [1.807, 2.05) is 0 Å². The van der Waals surface area contributed by atoms with E-state index >= 15 is 0 Å². The summed E-state index contributed by atoms with van der Waals surface area (Å²) in [5, 5.41) is 17.5. The van der Waals surface area contributed by atoms with Crippen molar-refractivity contribution in [3.8, 4) is 50.2 Å². The first-order chi connectivity index (χ1) is 55.5. The first-order valence-corrected chi connectivity index (χ1v) is 38.4. The number of hydrogen-bond donors (Lipinski definition) is 0. The molecule has 4 heteroatoms. The average Bonchev–Trinajstić information content (AvgIpc) is 1.51. The van der Waals surface area contributed by atoms with Crippen molar-refractivity contribution in [3.63, 3.8) is 0 Å². The van der Waals surface area contributed by atoms with Gasteiger partial charge >= 0.3 is 0 Å². The summed E-state index contributed by atoms with van der Waals surface area (Å²) in [6.07, 6.45) is 0. The molecule has 0 unspecified atom stereocenters. The van der Waals surface area contributed by atoms with E-state index in [0.29, 0.717) is 0 Å². The predicted molar refractivity (Wildman–Crippen MR) is 478 cm³/mol. The molecule has 0 aliphatic rings. The highest BCUT2D eigenvalue weighted by Gasteiger charge is 2.22. The number of benzene rings is 20. The standard InChI is InChI=1S/C64H42N2.C44H32N2/c1-3-13-43(14-4-1)46-23-30-51(31-24-46)65(53-34-27-45-17-7-8-18-48(45)39-53)52-32-25-47(26-33-52)50-29-38-64-62(41-50)61-40-49(44-15-5-2-6-16-44)28-37-63(61)66(64)54-35-36-59-57-21-10-9-19-55(57)56-20-11-12-22-58(56)60(59)42-54;1-3-17-37(18-4-1)45(43-23-11-15-35-13-7-9-21-41(35)43)39-29-25-33(26-30-39)34-27-31-40(32-28-34)46(38-19-5-2-6-20-38)44-24-12-16-36-14-8-10-22-42(36)44/h1-42H;1-32H. The zero-order valence-electron chi connectivity index (χ0n) is 61.5. The lowest BCUT2D eigenvalue weighted by molar-refractivity contribution is 1.19. The summed E-state index contributed by atoms with van der Waals surface area (Å²) in [5.74, 6) is 0. The van der Waals surface area contributed by atoms with E-state index in [9.17, 15) is 0 Å². The minimum absolute atomic E-state index is 1.10. The molecule has 0 radical (unpaired) electrons. The Hall–Kier alpha value is -14.8. The molecular weight excluding hydrogens is 1350 g/mol. The maximum absolute atomic E-state index is 2.46. The van der Waals surface area contributed by atoms with Crippen molar-refractivity contribution in [1.82, 2.24) is 4.57 Å².